The predicted octanol–water partition coefficient (Wildman–Crippen LogP) is 3.94. The second-order valence-electron chi connectivity index (χ2n) is 6.26. The highest BCUT2D eigenvalue weighted by Gasteiger charge is 2.23. The minimum Gasteiger partial charge on any atom is -0.350 e. The van der Waals surface area contributed by atoms with Crippen molar-refractivity contribution in [3.8, 4) is 0 Å². The zero-order valence-electron chi connectivity index (χ0n) is 12.1. The maximum absolute atomic E-state index is 11.8. The Balaban J connectivity index is 2.22. The van der Waals surface area contributed by atoms with Crippen molar-refractivity contribution < 1.29 is 4.79 Å². The maximum Gasteiger partial charge on any atom is 0.164 e. The molecule has 1 heterocycles. The molecule has 0 saturated carbocycles. The summed E-state index contributed by atoms with van der Waals surface area (Å²) in [4.78, 5) is 11.8. The minimum absolute atomic E-state index is 0.334. The van der Waals surface area contributed by atoms with Crippen molar-refractivity contribution in [1.82, 2.24) is 4.57 Å². The second-order valence-corrected chi connectivity index (χ2v) is 6.26. The third-order valence-electron chi connectivity index (χ3n) is 4.32. The molecule has 0 bridgehead atoms. The Hall–Kier alpha value is -1.05. The number of hydrogen-bond acceptors (Lipinski definition) is 1. The van der Waals surface area contributed by atoms with Crippen LogP contribution in [0.25, 0.3) is 0 Å². The highest BCUT2D eigenvalue weighted by atomic mass is 16.1. The molecule has 18 heavy (non-hydrogen) atoms. The Morgan fingerprint density at radius 3 is 2.44 bits per heavy atom. The van der Waals surface area contributed by atoms with E-state index in [9.17, 15) is 4.79 Å². The van der Waals surface area contributed by atoms with Crippen LogP contribution in [0.1, 0.15) is 56.6 Å². The van der Waals surface area contributed by atoms with Crippen molar-refractivity contribution in [3.05, 3.63) is 23.5 Å². The molecule has 2 nitrogen and oxygen atoms in total. The summed E-state index contributed by atoms with van der Waals surface area (Å²) in [6, 6.07) is 2.02. The predicted molar refractivity (Wildman–Crippen MR) is 74.9 cm³/mol. The SMILES string of the molecule is CC(C)C(Cn1ccc2c1CCCC2=O)C(C)C. The summed E-state index contributed by atoms with van der Waals surface area (Å²) >= 11 is 0. The first-order chi connectivity index (χ1) is 8.50. The van der Waals surface area contributed by atoms with Crippen molar-refractivity contribution >= 4 is 5.78 Å². The third-order valence-corrected chi connectivity index (χ3v) is 4.32. The standard InChI is InChI=1S/C16H25NO/c1-11(2)14(12(3)4)10-17-9-8-13-15(17)6-5-7-16(13)18/h8-9,11-12,14H,5-7,10H2,1-4H3. The fourth-order valence-electron chi connectivity index (χ4n) is 3.18. The zero-order chi connectivity index (χ0) is 13.3. The van der Waals surface area contributed by atoms with Crippen molar-refractivity contribution in [2.45, 2.75) is 53.5 Å². The highest BCUT2D eigenvalue weighted by molar-refractivity contribution is 5.98. The van der Waals surface area contributed by atoms with Crippen LogP contribution >= 0.6 is 0 Å². The van der Waals surface area contributed by atoms with Gasteiger partial charge in [-0.1, -0.05) is 27.7 Å². The van der Waals surface area contributed by atoms with E-state index < -0.39 is 0 Å². The molecule has 100 valence electrons. The van der Waals surface area contributed by atoms with Crippen LogP contribution in [0, 0.1) is 17.8 Å². The van der Waals surface area contributed by atoms with Gasteiger partial charge in [0.1, 0.15) is 0 Å². The fourth-order valence-corrected chi connectivity index (χ4v) is 3.18. The Labute approximate surface area is 110 Å². The lowest BCUT2D eigenvalue weighted by atomic mass is 9.85. The average Bonchev–Trinajstić information content (AvgIpc) is 2.69. The number of rotatable bonds is 4. The summed E-state index contributed by atoms with van der Waals surface area (Å²) in [5.74, 6) is 2.38. The average molecular weight is 247 g/mol. The quantitative estimate of drug-likeness (QED) is 0.790. The molecular formula is C16H25NO. The van der Waals surface area contributed by atoms with E-state index in [-0.39, 0.29) is 0 Å². The van der Waals surface area contributed by atoms with Gasteiger partial charge in [-0.15, -0.1) is 0 Å². The first-order valence-electron chi connectivity index (χ1n) is 7.22. The van der Waals surface area contributed by atoms with Gasteiger partial charge in [0.15, 0.2) is 5.78 Å². The number of ketones is 1. The molecule has 0 unspecified atom stereocenters. The topological polar surface area (TPSA) is 22.0 Å². The molecule has 0 saturated heterocycles. The smallest absolute Gasteiger partial charge is 0.164 e. The van der Waals surface area contributed by atoms with Crippen LogP contribution in [-0.4, -0.2) is 10.4 Å². The highest BCUT2D eigenvalue weighted by Crippen LogP contribution is 2.27. The van der Waals surface area contributed by atoms with Crippen molar-refractivity contribution in [3.63, 3.8) is 0 Å². The summed E-state index contributed by atoms with van der Waals surface area (Å²) in [5, 5.41) is 0. The van der Waals surface area contributed by atoms with E-state index in [1.807, 2.05) is 6.07 Å². The van der Waals surface area contributed by atoms with E-state index in [1.54, 1.807) is 0 Å². The van der Waals surface area contributed by atoms with Crippen LogP contribution in [0.5, 0.6) is 0 Å². The molecule has 0 amide bonds. The van der Waals surface area contributed by atoms with Gasteiger partial charge >= 0.3 is 0 Å². The van der Waals surface area contributed by atoms with Crippen LogP contribution in [0.2, 0.25) is 0 Å². The lowest BCUT2D eigenvalue weighted by Crippen LogP contribution is -2.23. The van der Waals surface area contributed by atoms with E-state index >= 15 is 0 Å². The molecule has 2 heteroatoms. The van der Waals surface area contributed by atoms with Crippen LogP contribution in [-0.2, 0) is 13.0 Å². The van der Waals surface area contributed by atoms with Gasteiger partial charge in [-0.3, -0.25) is 4.79 Å². The molecule has 1 aromatic heterocycles. The van der Waals surface area contributed by atoms with Gasteiger partial charge in [-0.2, -0.15) is 0 Å². The monoisotopic (exact) mass is 247 g/mol. The zero-order valence-corrected chi connectivity index (χ0v) is 12.1. The molecule has 2 rings (SSSR count). The van der Waals surface area contributed by atoms with Gasteiger partial charge in [0.05, 0.1) is 0 Å². The number of hydrogen-bond donors (Lipinski definition) is 0. The first-order valence-corrected chi connectivity index (χ1v) is 7.22. The third kappa shape index (κ3) is 2.52. The molecule has 0 N–H and O–H groups in total. The van der Waals surface area contributed by atoms with Crippen LogP contribution in [0.15, 0.2) is 12.3 Å². The van der Waals surface area contributed by atoms with Gasteiger partial charge in [0.25, 0.3) is 0 Å². The first kappa shape index (κ1) is 13.4. The van der Waals surface area contributed by atoms with Gasteiger partial charge in [0, 0.05) is 30.4 Å². The molecule has 0 spiro atoms. The van der Waals surface area contributed by atoms with Crippen molar-refractivity contribution in [1.29, 1.82) is 0 Å². The Morgan fingerprint density at radius 2 is 1.83 bits per heavy atom. The fraction of sp³-hybridized carbons (Fsp3) is 0.688. The summed E-state index contributed by atoms with van der Waals surface area (Å²) in [6.45, 7) is 10.2. The van der Waals surface area contributed by atoms with Crippen LogP contribution in [0.4, 0.5) is 0 Å². The second kappa shape index (κ2) is 5.29. The lowest BCUT2D eigenvalue weighted by Gasteiger charge is -2.27. The van der Waals surface area contributed by atoms with E-state index in [4.69, 9.17) is 0 Å². The van der Waals surface area contributed by atoms with Crippen LogP contribution in [0.3, 0.4) is 0 Å². The van der Waals surface area contributed by atoms with Gasteiger partial charge in [-0.25, -0.2) is 0 Å². The molecule has 1 aliphatic carbocycles. The number of Topliss-reactive ketones (excluding diaryl/α,β-unsaturated/α-hetero) is 1. The Bertz CT molecular complexity index is 420. The lowest BCUT2D eigenvalue weighted by molar-refractivity contribution is 0.0971. The van der Waals surface area contributed by atoms with Crippen molar-refractivity contribution in [2.24, 2.45) is 17.8 Å². The molecule has 0 atom stereocenters. The number of carbonyl (C=O) groups excluding carboxylic acids is 1. The Morgan fingerprint density at radius 1 is 1.17 bits per heavy atom. The largest absolute Gasteiger partial charge is 0.350 e. The minimum atomic E-state index is 0.334. The Kier molecular flexibility index (Phi) is 3.94. The van der Waals surface area contributed by atoms with E-state index in [2.05, 4.69) is 38.5 Å². The summed E-state index contributed by atoms with van der Waals surface area (Å²) in [7, 11) is 0. The number of nitrogens with zero attached hydrogens (tertiary/aromatic N) is 1. The summed E-state index contributed by atoms with van der Waals surface area (Å²) in [5.41, 5.74) is 2.25. The van der Waals surface area contributed by atoms with Crippen LogP contribution < -0.4 is 0 Å². The van der Waals surface area contributed by atoms with E-state index in [1.165, 1.54) is 5.69 Å². The van der Waals surface area contributed by atoms with Crippen molar-refractivity contribution in [2.75, 3.05) is 0 Å². The molecule has 0 fully saturated rings. The summed E-state index contributed by atoms with van der Waals surface area (Å²) in [6.07, 6.45) is 4.93. The van der Waals surface area contributed by atoms with Gasteiger partial charge in [-0.05, 0) is 36.7 Å². The maximum atomic E-state index is 11.8. The van der Waals surface area contributed by atoms with Gasteiger partial charge in [0.2, 0.25) is 0 Å². The van der Waals surface area contributed by atoms with Gasteiger partial charge < -0.3 is 4.57 Å². The van der Waals surface area contributed by atoms with E-state index in [0.29, 0.717) is 23.5 Å². The number of fused-ring (bicyclic) bond motifs is 1. The molecular weight excluding hydrogens is 222 g/mol. The molecule has 0 aromatic carbocycles. The van der Waals surface area contributed by atoms with E-state index in [0.717, 1.165) is 31.4 Å². The number of carbonyl (C=O) groups is 1. The summed E-state index contributed by atoms with van der Waals surface area (Å²) < 4.78 is 2.33. The molecule has 1 aliphatic rings. The normalized spacial score (nSPS) is 15.8. The molecule has 1 aromatic rings. The molecule has 0 radical (unpaired) electrons. The number of aromatic nitrogens is 1. The molecule has 0 aliphatic heterocycles.